The van der Waals surface area contributed by atoms with Gasteiger partial charge < -0.3 is 24.0 Å². The number of methoxy groups -OCH3 is 1. The minimum Gasteiger partial charge on any atom is -0.496 e. The molecule has 0 saturated heterocycles. The molecule has 0 spiro atoms. The van der Waals surface area contributed by atoms with E-state index < -0.39 is 62.7 Å². The van der Waals surface area contributed by atoms with Gasteiger partial charge in [0.05, 0.1) is 41.6 Å². The lowest BCUT2D eigenvalue weighted by Gasteiger charge is -2.15. The molecule has 0 saturated carbocycles. The number of halogens is 2. The summed E-state index contributed by atoms with van der Waals surface area (Å²) < 4.78 is 106. The smallest absolute Gasteiger partial charge is 0.296 e. The number of ether oxygens (including phenoxy) is 1. The van der Waals surface area contributed by atoms with Crippen LogP contribution in [-0.4, -0.2) is 66.2 Å². The second-order valence-corrected chi connectivity index (χ2v) is 17.0. The number of oxazole rings is 1. The van der Waals surface area contributed by atoms with Gasteiger partial charge in [0.15, 0.2) is 11.4 Å². The highest BCUT2D eigenvalue weighted by atomic mass is 32.2. The van der Waals surface area contributed by atoms with Crippen LogP contribution in [-0.2, 0) is 30.1 Å². The van der Waals surface area contributed by atoms with E-state index in [1.54, 1.807) is 49.4 Å². The summed E-state index contributed by atoms with van der Waals surface area (Å²) in [6.07, 6.45) is -1.52. The summed E-state index contributed by atoms with van der Waals surface area (Å²) >= 11 is 0. The van der Waals surface area contributed by atoms with Crippen LogP contribution >= 0.6 is 0 Å². The van der Waals surface area contributed by atoms with E-state index in [9.17, 15) is 35.5 Å². The number of para-hydroxylation sites is 1. The highest BCUT2D eigenvalue weighted by Gasteiger charge is 2.27. The molecule has 2 aromatic heterocycles. The average molecular weight is 846 g/mol. The minimum absolute atomic E-state index is 0.00202. The van der Waals surface area contributed by atoms with Crippen LogP contribution in [0.2, 0.25) is 0 Å². The third-order valence-electron chi connectivity index (χ3n) is 9.47. The zero-order valence-electron chi connectivity index (χ0n) is 31.8. The predicted octanol–water partition coefficient (Wildman–Crippen LogP) is 7.11. The summed E-state index contributed by atoms with van der Waals surface area (Å²) in [6, 6.07) is 23.6. The molecule has 0 bridgehead atoms. The lowest BCUT2D eigenvalue weighted by Crippen LogP contribution is -2.33. The normalized spacial score (nSPS) is 12.6. The molecule has 0 aliphatic heterocycles. The van der Waals surface area contributed by atoms with Gasteiger partial charge in [0.1, 0.15) is 28.4 Å². The fraction of sp³-hybridized carbons (Fsp3) is 0.190. The van der Waals surface area contributed by atoms with Crippen LogP contribution in [0.15, 0.2) is 111 Å². The summed E-state index contributed by atoms with van der Waals surface area (Å²) in [4.78, 5) is 17.7. The summed E-state index contributed by atoms with van der Waals surface area (Å²) in [6.45, 7) is 0.931. The SMILES string of the molecule is CNC(=O)c1c(-c2ccc(F)cc2)oc2cc(CS(=O)(=O)NCC(O)CCOS(=O)(=O)c3ccc(C)cc3)c(-c3ccc(OC)c(-c4nc5c(F)cccc5o4)c3)cc12. The van der Waals surface area contributed by atoms with E-state index in [1.807, 2.05) is 0 Å². The van der Waals surface area contributed by atoms with Crippen LogP contribution in [0.4, 0.5) is 8.78 Å². The van der Waals surface area contributed by atoms with Gasteiger partial charge in [-0.3, -0.25) is 8.98 Å². The molecule has 2 heterocycles. The number of carbonyl (C=O) groups excluding carboxylic acids is 1. The van der Waals surface area contributed by atoms with Crippen molar-refractivity contribution in [3.05, 3.63) is 125 Å². The standard InChI is InChI=1S/C42H37F2N3O10S2/c1-24-7-14-30(15-8-24)59(52,53)55-18-17-29(48)22-46-58(50,51)23-27-20-37-32(38(41(49)45-2)40(56-37)25-9-12-28(43)13-10-25)21-31(27)26-11-16-35(54-3)33(19-26)42-47-39-34(44)5-4-6-36(39)57-42/h4-16,19-21,29,46,48H,17-18,22-23H2,1-3H3,(H,45,49). The van der Waals surface area contributed by atoms with Crippen molar-refractivity contribution in [2.45, 2.75) is 30.1 Å². The number of aliphatic hydroxyl groups is 1. The second-order valence-electron chi connectivity index (χ2n) is 13.6. The first-order chi connectivity index (χ1) is 28.2. The van der Waals surface area contributed by atoms with Crippen LogP contribution in [0.1, 0.15) is 27.9 Å². The molecule has 13 nitrogen and oxygen atoms in total. The van der Waals surface area contributed by atoms with E-state index in [2.05, 4.69) is 15.0 Å². The van der Waals surface area contributed by atoms with E-state index in [0.29, 0.717) is 33.4 Å². The molecule has 7 rings (SSSR count). The highest BCUT2D eigenvalue weighted by Crippen LogP contribution is 2.41. The molecule has 59 heavy (non-hydrogen) atoms. The number of furan rings is 1. The summed E-state index contributed by atoms with van der Waals surface area (Å²) in [5, 5.41) is 13.5. The largest absolute Gasteiger partial charge is 0.496 e. The number of nitrogens with one attached hydrogen (secondary N) is 2. The van der Waals surface area contributed by atoms with Crippen molar-refractivity contribution in [1.82, 2.24) is 15.0 Å². The monoisotopic (exact) mass is 845 g/mol. The number of sulfonamides is 1. The first-order valence-corrected chi connectivity index (χ1v) is 21.1. The van der Waals surface area contributed by atoms with Gasteiger partial charge in [0.2, 0.25) is 15.9 Å². The number of aromatic nitrogens is 1. The maximum absolute atomic E-state index is 14.7. The number of fused-ring (bicyclic) bond motifs is 2. The van der Waals surface area contributed by atoms with E-state index in [4.69, 9.17) is 17.8 Å². The number of benzene rings is 5. The van der Waals surface area contributed by atoms with Crippen molar-refractivity contribution in [2.24, 2.45) is 0 Å². The Labute approximate surface area is 337 Å². The third-order valence-corrected chi connectivity index (χ3v) is 12.1. The Morgan fingerprint density at radius 2 is 1.61 bits per heavy atom. The summed E-state index contributed by atoms with van der Waals surface area (Å²) in [5.41, 5.74) is 2.97. The maximum atomic E-state index is 14.7. The highest BCUT2D eigenvalue weighted by molar-refractivity contribution is 7.88. The van der Waals surface area contributed by atoms with E-state index in [0.717, 1.165) is 5.56 Å². The van der Waals surface area contributed by atoms with Crippen molar-refractivity contribution in [3.63, 3.8) is 0 Å². The third kappa shape index (κ3) is 8.89. The Morgan fingerprint density at radius 3 is 2.31 bits per heavy atom. The van der Waals surface area contributed by atoms with Crippen LogP contribution in [0, 0.1) is 18.6 Å². The van der Waals surface area contributed by atoms with Crippen molar-refractivity contribution >= 4 is 48.1 Å². The first-order valence-electron chi connectivity index (χ1n) is 18.1. The van der Waals surface area contributed by atoms with Gasteiger partial charge in [0, 0.05) is 24.5 Å². The number of hydrogen-bond donors (Lipinski definition) is 3. The zero-order valence-corrected chi connectivity index (χ0v) is 33.4. The maximum Gasteiger partial charge on any atom is 0.296 e. The van der Waals surface area contributed by atoms with E-state index >= 15 is 0 Å². The second kappa shape index (κ2) is 16.7. The molecule has 7 aromatic rings. The number of carbonyl (C=O) groups is 1. The number of aliphatic hydroxyl groups excluding tert-OH is 1. The first kappa shape index (κ1) is 41.2. The molecule has 5 aromatic carbocycles. The molecule has 306 valence electrons. The Hall–Kier alpha value is -5.98. The molecule has 0 radical (unpaired) electrons. The van der Waals surface area contributed by atoms with Gasteiger partial charge in [-0.2, -0.15) is 8.42 Å². The molecule has 1 atom stereocenters. The predicted molar refractivity (Wildman–Crippen MR) is 216 cm³/mol. The topological polar surface area (TPSA) is 187 Å². The number of rotatable bonds is 15. The summed E-state index contributed by atoms with van der Waals surface area (Å²) in [7, 11) is -5.47. The lowest BCUT2D eigenvalue weighted by molar-refractivity contribution is 0.0964. The van der Waals surface area contributed by atoms with Crippen LogP contribution in [0.25, 0.3) is 56.0 Å². The quantitative estimate of drug-likeness (QED) is 0.0894. The Morgan fingerprint density at radius 1 is 0.881 bits per heavy atom. The number of aryl methyl sites for hydroxylation is 1. The molecule has 0 aliphatic rings. The Balaban J connectivity index is 1.24. The molecule has 0 fully saturated rings. The number of hydrogen-bond acceptors (Lipinski definition) is 11. The number of nitrogens with zero attached hydrogens (tertiary/aromatic N) is 1. The lowest BCUT2D eigenvalue weighted by atomic mass is 9.95. The Kier molecular flexibility index (Phi) is 11.7. The van der Waals surface area contributed by atoms with Gasteiger partial charge >= 0.3 is 0 Å². The zero-order chi connectivity index (χ0) is 42.1. The van der Waals surface area contributed by atoms with Crippen molar-refractivity contribution in [3.8, 4) is 39.7 Å². The molecular formula is C42H37F2N3O10S2. The van der Waals surface area contributed by atoms with Crippen LogP contribution < -0.4 is 14.8 Å². The fourth-order valence-electron chi connectivity index (χ4n) is 6.45. The van der Waals surface area contributed by atoms with Gasteiger partial charge in [-0.25, -0.2) is 26.9 Å². The van der Waals surface area contributed by atoms with Crippen LogP contribution in [0.5, 0.6) is 5.75 Å². The Bertz CT molecular complexity index is 2910. The van der Waals surface area contributed by atoms with E-state index in [-0.39, 0.29) is 50.8 Å². The van der Waals surface area contributed by atoms with Crippen molar-refractivity contribution in [1.29, 1.82) is 0 Å². The molecular weight excluding hydrogens is 809 g/mol. The fourth-order valence-corrected chi connectivity index (χ4v) is 8.57. The minimum atomic E-state index is -4.24. The van der Waals surface area contributed by atoms with Gasteiger partial charge in [-0.1, -0.05) is 29.8 Å². The average Bonchev–Trinajstić information content (AvgIpc) is 3.82. The van der Waals surface area contributed by atoms with Gasteiger partial charge in [-0.05, 0) is 103 Å². The molecule has 1 amide bonds. The van der Waals surface area contributed by atoms with Gasteiger partial charge in [-0.15, -0.1) is 0 Å². The van der Waals surface area contributed by atoms with Crippen LogP contribution in [0.3, 0.4) is 0 Å². The molecule has 3 N–H and O–H groups in total. The van der Waals surface area contributed by atoms with E-state index in [1.165, 1.54) is 68.8 Å². The molecule has 0 aliphatic carbocycles. The molecule has 17 heteroatoms. The van der Waals surface area contributed by atoms with Gasteiger partial charge in [0.25, 0.3) is 16.0 Å². The molecule has 1 unspecified atom stereocenters. The number of amides is 1. The van der Waals surface area contributed by atoms with Crippen molar-refractivity contribution < 1.29 is 53.3 Å². The van der Waals surface area contributed by atoms with Crippen molar-refractivity contribution in [2.75, 3.05) is 27.3 Å². The summed E-state index contributed by atoms with van der Waals surface area (Å²) in [5.74, 6) is -1.82.